The molecule has 6 heteroatoms. The first-order valence-electron chi connectivity index (χ1n) is 5.52. The summed E-state index contributed by atoms with van der Waals surface area (Å²) in [5, 5.41) is 9.07. The van der Waals surface area contributed by atoms with Crippen LogP contribution in [0.2, 0.25) is 0 Å². The maximum atomic E-state index is 11.1. The minimum Gasteiger partial charge on any atom is -0.476 e. The van der Waals surface area contributed by atoms with Crippen LogP contribution in [0.3, 0.4) is 0 Å². The van der Waals surface area contributed by atoms with Crippen LogP contribution in [0.1, 0.15) is 24.3 Å². The minimum absolute atomic E-state index is 0.00574. The van der Waals surface area contributed by atoms with Crippen molar-refractivity contribution < 1.29 is 14.6 Å². The minimum atomic E-state index is -1.06. The van der Waals surface area contributed by atoms with Crippen molar-refractivity contribution in [1.82, 2.24) is 9.97 Å². The summed E-state index contributed by atoms with van der Waals surface area (Å²) in [6.07, 6.45) is 3.01. The topological polar surface area (TPSA) is 75.6 Å². The molecule has 17 heavy (non-hydrogen) atoms. The lowest BCUT2D eigenvalue weighted by atomic mass is 10.2. The molecule has 2 unspecified atom stereocenters. The maximum Gasteiger partial charge on any atom is 0.358 e. The van der Waals surface area contributed by atoms with Crippen LogP contribution in [0.15, 0.2) is 12.4 Å². The van der Waals surface area contributed by atoms with E-state index in [9.17, 15) is 4.79 Å². The van der Waals surface area contributed by atoms with Crippen LogP contribution in [-0.2, 0) is 4.74 Å². The Morgan fingerprint density at radius 3 is 2.53 bits per heavy atom. The fourth-order valence-corrected chi connectivity index (χ4v) is 2.06. The summed E-state index contributed by atoms with van der Waals surface area (Å²) in [7, 11) is 0. The number of morpholine rings is 1. The zero-order valence-corrected chi connectivity index (χ0v) is 9.83. The molecule has 0 radical (unpaired) electrons. The van der Waals surface area contributed by atoms with Crippen LogP contribution < -0.4 is 4.90 Å². The van der Waals surface area contributed by atoms with Crippen LogP contribution in [0.4, 0.5) is 5.82 Å². The average molecular weight is 237 g/mol. The number of rotatable bonds is 2. The Kier molecular flexibility index (Phi) is 3.23. The zero-order valence-electron chi connectivity index (χ0n) is 9.83. The number of nitrogens with zero attached hydrogens (tertiary/aromatic N) is 3. The number of anilines is 1. The fourth-order valence-electron chi connectivity index (χ4n) is 2.06. The normalized spacial score (nSPS) is 24.7. The molecule has 2 rings (SSSR count). The largest absolute Gasteiger partial charge is 0.476 e. The molecule has 92 valence electrons. The maximum absolute atomic E-state index is 11.1. The lowest BCUT2D eigenvalue weighted by Crippen LogP contribution is -2.46. The van der Waals surface area contributed by atoms with Gasteiger partial charge in [-0.1, -0.05) is 0 Å². The van der Waals surface area contributed by atoms with Crippen molar-refractivity contribution in [3.8, 4) is 0 Å². The summed E-state index contributed by atoms with van der Waals surface area (Å²) in [5.41, 5.74) is -0.00574. The Balaban J connectivity index is 2.30. The third-order valence-electron chi connectivity index (χ3n) is 2.60. The summed E-state index contributed by atoms with van der Waals surface area (Å²) in [4.78, 5) is 21.0. The second kappa shape index (κ2) is 4.67. The van der Waals surface area contributed by atoms with Crippen molar-refractivity contribution in [1.29, 1.82) is 0 Å². The first-order valence-corrected chi connectivity index (χ1v) is 5.52. The number of hydrogen-bond donors (Lipinski definition) is 1. The van der Waals surface area contributed by atoms with Gasteiger partial charge >= 0.3 is 5.97 Å². The summed E-state index contributed by atoms with van der Waals surface area (Å²) < 4.78 is 5.60. The zero-order chi connectivity index (χ0) is 12.4. The molecule has 1 aliphatic heterocycles. The molecule has 1 aliphatic rings. The van der Waals surface area contributed by atoms with Crippen molar-refractivity contribution in [3.05, 3.63) is 18.1 Å². The van der Waals surface area contributed by atoms with E-state index in [-0.39, 0.29) is 17.9 Å². The van der Waals surface area contributed by atoms with Crippen molar-refractivity contribution in [2.45, 2.75) is 26.1 Å². The highest BCUT2D eigenvalue weighted by Crippen LogP contribution is 2.20. The van der Waals surface area contributed by atoms with Gasteiger partial charge in [0.25, 0.3) is 0 Å². The summed E-state index contributed by atoms with van der Waals surface area (Å²) in [5.74, 6) is -0.637. The third-order valence-corrected chi connectivity index (χ3v) is 2.60. The van der Waals surface area contributed by atoms with Crippen molar-refractivity contribution in [2.75, 3.05) is 18.0 Å². The summed E-state index contributed by atoms with van der Waals surface area (Å²) in [6.45, 7) is 5.17. The highest BCUT2D eigenvalue weighted by Gasteiger charge is 2.26. The monoisotopic (exact) mass is 237 g/mol. The number of aromatic nitrogens is 2. The summed E-state index contributed by atoms with van der Waals surface area (Å²) >= 11 is 0. The molecule has 2 heterocycles. The number of carboxylic acids is 1. The van der Waals surface area contributed by atoms with E-state index in [1.54, 1.807) is 0 Å². The Morgan fingerprint density at radius 1 is 1.35 bits per heavy atom. The van der Waals surface area contributed by atoms with E-state index >= 15 is 0 Å². The number of hydrogen-bond acceptors (Lipinski definition) is 5. The molecule has 1 aromatic heterocycles. The van der Waals surface area contributed by atoms with E-state index in [4.69, 9.17) is 9.84 Å². The van der Waals surface area contributed by atoms with Crippen LogP contribution >= 0.6 is 0 Å². The van der Waals surface area contributed by atoms with Gasteiger partial charge in [-0.05, 0) is 13.8 Å². The van der Waals surface area contributed by atoms with Gasteiger partial charge in [0.15, 0.2) is 11.5 Å². The molecule has 1 fully saturated rings. The number of carboxylic acid groups (broad SMARTS) is 1. The van der Waals surface area contributed by atoms with Gasteiger partial charge in [0.1, 0.15) is 0 Å². The smallest absolute Gasteiger partial charge is 0.358 e. The van der Waals surface area contributed by atoms with Gasteiger partial charge in [0.05, 0.1) is 12.2 Å². The first kappa shape index (κ1) is 11.8. The number of aromatic carboxylic acids is 1. The van der Waals surface area contributed by atoms with Gasteiger partial charge in [0, 0.05) is 25.5 Å². The molecule has 2 atom stereocenters. The average Bonchev–Trinajstić information content (AvgIpc) is 2.27. The lowest BCUT2D eigenvalue weighted by molar-refractivity contribution is -0.00559. The van der Waals surface area contributed by atoms with Gasteiger partial charge in [-0.15, -0.1) is 0 Å². The van der Waals surface area contributed by atoms with Crippen LogP contribution in [0.5, 0.6) is 0 Å². The highest BCUT2D eigenvalue weighted by molar-refractivity contribution is 5.90. The predicted molar refractivity (Wildman–Crippen MR) is 61.2 cm³/mol. The van der Waals surface area contributed by atoms with Crippen molar-refractivity contribution in [3.63, 3.8) is 0 Å². The van der Waals surface area contributed by atoms with Crippen molar-refractivity contribution in [2.24, 2.45) is 0 Å². The van der Waals surface area contributed by atoms with E-state index in [1.807, 2.05) is 18.7 Å². The Labute approximate surface area is 99.2 Å². The molecule has 6 nitrogen and oxygen atoms in total. The molecule has 0 bridgehead atoms. The Morgan fingerprint density at radius 2 is 1.94 bits per heavy atom. The van der Waals surface area contributed by atoms with Crippen molar-refractivity contribution >= 4 is 11.8 Å². The predicted octanol–water partition coefficient (Wildman–Crippen LogP) is 0.788. The Hall–Kier alpha value is -1.69. The fraction of sp³-hybridized carbons (Fsp3) is 0.545. The number of carbonyl (C=O) groups is 1. The third kappa shape index (κ3) is 2.52. The van der Waals surface area contributed by atoms with E-state index in [0.29, 0.717) is 18.9 Å². The molecule has 1 aromatic rings. The van der Waals surface area contributed by atoms with Gasteiger partial charge in [-0.2, -0.15) is 0 Å². The SMILES string of the molecule is CC1CN(c2nccnc2C(=O)O)CC(C)O1. The van der Waals surface area contributed by atoms with E-state index in [0.717, 1.165) is 0 Å². The summed E-state index contributed by atoms with van der Waals surface area (Å²) in [6, 6.07) is 0. The van der Waals surface area contributed by atoms with Gasteiger partial charge in [0.2, 0.25) is 0 Å². The molecule has 0 amide bonds. The van der Waals surface area contributed by atoms with E-state index < -0.39 is 5.97 Å². The molecule has 0 spiro atoms. The van der Waals surface area contributed by atoms with Crippen LogP contribution in [0.25, 0.3) is 0 Å². The molecular weight excluding hydrogens is 222 g/mol. The molecule has 1 saturated heterocycles. The second-order valence-corrected chi connectivity index (χ2v) is 4.20. The van der Waals surface area contributed by atoms with Crippen LogP contribution in [0, 0.1) is 0 Å². The molecule has 1 N–H and O–H groups in total. The molecular formula is C11H15N3O3. The lowest BCUT2D eigenvalue weighted by Gasteiger charge is -2.36. The first-order chi connectivity index (χ1) is 8.08. The standard InChI is InChI=1S/C11H15N3O3/c1-7-5-14(6-8(2)17-7)10-9(11(15)16)12-3-4-13-10/h3-4,7-8H,5-6H2,1-2H3,(H,15,16). The second-order valence-electron chi connectivity index (χ2n) is 4.20. The highest BCUT2D eigenvalue weighted by atomic mass is 16.5. The molecule has 0 aromatic carbocycles. The van der Waals surface area contributed by atoms with Gasteiger partial charge < -0.3 is 14.7 Å². The Bertz CT molecular complexity index is 414. The van der Waals surface area contributed by atoms with E-state index in [2.05, 4.69) is 9.97 Å². The quantitative estimate of drug-likeness (QED) is 0.819. The van der Waals surface area contributed by atoms with Crippen LogP contribution in [-0.4, -0.2) is 46.3 Å². The number of ether oxygens (including phenoxy) is 1. The van der Waals surface area contributed by atoms with E-state index in [1.165, 1.54) is 12.4 Å². The molecule has 0 saturated carbocycles. The van der Waals surface area contributed by atoms with Gasteiger partial charge in [-0.3, -0.25) is 0 Å². The molecule has 0 aliphatic carbocycles. The van der Waals surface area contributed by atoms with Gasteiger partial charge in [-0.25, -0.2) is 14.8 Å².